The van der Waals surface area contributed by atoms with Gasteiger partial charge in [0.2, 0.25) is 0 Å². The smallest absolute Gasteiger partial charge is 0.0598 e. The van der Waals surface area contributed by atoms with Crippen molar-refractivity contribution >= 4 is 5.71 Å². The van der Waals surface area contributed by atoms with Gasteiger partial charge < -0.3 is 0 Å². The van der Waals surface area contributed by atoms with Crippen molar-refractivity contribution < 1.29 is 0 Å². The fourth-order valence-corrected chi connectivity index (χ4v) is 4.37. The van der Waals surface area contributed by atoms with E-state index in [0.717, 1.165) is 0 Å². The largest absolute Gasteiger partial charge is 0.289 e. The summed E-state index contributed by atoms with van der Waals surface area (Å²) in [6.07, 6.45) is 1.22. The second-order valence-corrected chi connectivity index (χ2v) is 9.55. The van der Waals surface area contributed by atoms with Crippen molar-refractivity contribution in [3.05, 3.63) is 0 Å². The zero-order chi connectivity index (χ0) is 14.6. The van der Waals surface area contributed by atoms with E-state index in [1.165, 1.54) is 12.1 Å². The van der Waals surface area contributed by atoms with Crippen LogP contribution < -0.4 is 0 Å². The molecule has 106 valence electrons. The third-order valence-electron chi connectivity index (χ3n) is 4.07. The Labute approximate surface area is 114 Å². The summed E-state index contributed by atoms with van der Waals surface area (Å²) in [5.74, 6) is 0. The molecule has 1 aliphatic rings. The molecule has 0 fully saturated rings. The predicted octanol–water partition coefficient (Wildman–Crippen LogP) is 5.34. The third kappa shape index (κ3) is 2.97. The molecule has 0 saturated heterocycles. The Morgan fingerprint density at radius 1 is 0.944 bits per heavy atom. The van der Waals surface area contributed by atoms with Crippen molar-refractivity contribution in [2.24, 2.45) is 26.7 Å². The molecule has 0 radical (unpaired) electrons. The Morgan fingerprint density at radius 3 is 1.72 bits per heavy atom. The van der Waals surface area contributed by atoms with Crippen LogP contribution in [0.25, 0.3) is 0 Å². The first kappa shape index (κ1) is 15.7. The molecule has 18 heavy (non-hydrogen) atoms. The first-order valence-electron chi connectivity index (χ1n) is 7.27. The standard InChI is InChI=1S/C17H33N/c1-14(2,3)12-16(7,8)11-17(9,10)13(18-12)15(4,5)6/h12H,11H2,1-10H3. The van der Waals surface area contributed by atoms with Crippen LogP contribution in [0.15, 0.2) is 4.99 Å². The van der Waals surface area contributed by atoms with Gasteiger partial charge in [0.25, 0.3) is 0 Å². The topological polar surface area (TPSA) is 12.4 Å². The van der Waals surface area contributed by atoms with Gasteiger partial charge in [-0.05, 0) is 17.3 Å². The molecule has 0 amide bonds. The number of rotatable bonds is 0. The predicted molar refractivity (Wildman–Crippen MR) is 82.3 cm³/mol. The van der Waals surface area contributed by atoms with Crippen LogP contribution in [0.3, 0.4) is 0 Å². The van der Waals surface area contributed by atoms with Crippen LogP contribution in [0.4, 0.5) is 0 Å². The third-order valence-corrected chi connectivity index (χ3v) is 4.07. The van der Waals surface area contributed by atoms with Crippen LogP contribution >= 0.6 is 0 Å². The van der Waals surface area contributed by atoms with Gasteiger partial charge in [-0.25, -0.2) is 0 Å². The monoisotopic (exact) mass is 251 g/mol. The highest BCUT2D eigenvalue weighted by Crippen LogP contribution is 2.50. The van der Waals surface area contributed by atoms with Crippen molar-refractivity contribution in [1.82, 2.24) is 0 Å². The zero-order valence-electron chi connectivity index (χ0n) is 14.2. The summed E-state index contributed by atoms with van der Waals surface area (Å²) in [5.41, 5.74) is 2.29. The first-order chi connectivity index (χ1) is 7.68. The highest BCUT2D eigenvalue weighted by Gasteiger charge is 2.48. The van der Waals surface area contributed by atoms with Crippen LogP contribution in [0.2, 0.25) is 0 Å². The lowest BCUT2D eigenvalue weighted by molar-refractivity contribution is 0.103. The molecule has 0 bridgehead atoms. The average Bonchev–Trinajstić information content (AvgIpc) is 1.92. The number of aliphatic imine (C=N–C) groups is 1. The molecule has 0 N–H and O–H groups in total. The molecule has 1 aliphatic heterocycles. The van der Waals surface area contributed by atoms with Gasteiger partial charge in [-0.2, -0.15) is 0 Å². The van der Waals surface area contributed by atoms with E-state index < -0.39 is 0 Å². The van der Waals surface area contributed by atoms with E-state index in [1.807, 2.05) is 0 Å². The molecule has 1 unspecified atom stereocenters. The molecule has 1 heteroatoms. The summed E-state index contributed by atoms with van der Waals surface area (Å²) in [6.45, 7) is 23.3. The van der Waals surface area contributed by atoms with Gasteiger partial charge in [0, 0.05) is 16.5 Å². The van der Waals surface area contributed by atoms with Crippen molar-refractivity contribution in [3.63, 3.8) is 0 Å². The van der Waals surface area contributed by atoms with Gasteiger partial charge in [0.1, 0.15) is 0 Å². The Bertz CT molecular complexity index is 345. The Kier molecular flexibility index (Phi) is 3.57. The SMILES string of the molecule is CC(C)(C)C1=NC(C(C)(C)C)C(C)(C)CC1(C)C. The van der Waals surface area contributed by atoms with Crippen molar-refractivity contribution in [2.75, 3.05) is 0 Å². The second-order valence-electron chi connectivity index (χ2n) is 9.55. The second kappa shape index (κ2) is 4.08. The zero-order valence-corrected chi connectivity index (χ0v) is 14.2. The van der Waals surface area contributed by atoms with Crippen LogP contribution in [-0.4, -0.2) is 11.8 Å². The molecule has 1 heterocycles. The van der Waals surface area contributed by atoms with E-state index in [9.17, 15) is 0 Å². The molecular formula is C17H33N. The molecule has 0 aromatic carbocycles. The van der Waals surface area contributed by atoms with Gasteiger partial charge >= 0.3 is 0 Å². The van der Waals surface area contributed by atoms with Crippen molar-refractivity contribution in [2.45, 2.75) is 81.7 Å². The molecule has 0 aromatic heterocycles. The first-order valence-corrected chi connectivity index (χ1v) is 7.27. The summed E-state index contributed by atoms with van der Waals surface area (Å²) < 4.78 is 0. The molecular weight excluding hydrogens is 218 g/mol. The van der Waals surface area contributed by atoms with Crippen LogP contribution in [0, 0.1) is 21.7 Å². The van der Waals surface area contributed by atoms with E-state index in [0.29, 0.717) is 6.04 Å². The fraction of sp³-hybridized carbons (Fsp3) is 0.941. The maximum Gasteiger partial charge on any atom is 0.0598 e. The van der Waals surface area contributed by atoms with Crippen molar-refractivity contribution in [1.29, 1.82) is 0 Å². The van der Waals surface area contributed by atoms with E-state index >= 15 is 0 Å². The lowest BCUT2D eigenvalue weighted by Crippen LogP contribution is -2.51. The molecule has 0 saturated carbocycles. The molecule has 1 atom stereocenters. The Balaban J connectivity index is 3.37. The number of nitrogens with zero attached hydrogens (tertiary/aromatic N) is 1. The van der Waals surface area contributed by atoms with Crippen LogP contribution in [0.5, 0.6) is 0 Å². The van der Waals surface area contributed by atoms with Gasteiger partial charge in [-0.3, -0.25) is 4.99 Å². The minimum Gasteiger partial charge on any atom is -0.289 e. The van der Waals surface area contributed by atoms with Crippen molar-refractivity contribution in [3.8, 4) is 0 Å². The molecule has 0 spiro atoms. The average molecular weight is 251 g/mol. The summed E-state index contributed by atoms with van der Waals surface area (Å²) in [5, 5.41) is 0. The Morgan fingerprint density at radius 2 is 1.39 bits per heavy atom. The minimum atomic E-state index is 0.170. The summed E-state index contributed by atoms with van der Waals surface area (Å²) in [7, 11) is 0. The maximum absolute atomic E-state index is 5.25. The summed E-state index contributed by atoms with van der Waals surface area (Å²) in [6, 6.07) is 0.409. The Hall–Kier alpha value is -0.330. The van der Waals surface area contributed by atoms with E-state index in [1.54, 1.807) is 0 Å². The highest BCUT2D eigenvalue weighted by molar-refractivity contribution is 5.94. The van der Waals surface area contributed by atoms with Crippen LogP contribution in [-0.2, 0) is 0 Å². The van der Waals surface area contributed by atoms with E-state index in [2.05, 4.69) is 69.2 Å². The molecule has 0 aliphatic carbocycles. The summed E-state index contributed by atoms with van der Waals surface area (Å²) in [4.78, 5) is 5.25. The van der Waals surface area contributed by atoms with Gasteiger partial charge in [0.15, 0.2) is 0 Å². The van der Waals surface area contributed by atoms with Gasteiger partial charge in [-0.15, -0.1) is 0 Å². The normalized spacial score (nSPS) is 27.9. The summed E-state index contributed by atoms with van der Waals surface area (Å²) >= 11 is 0. The lowest BCUT2D eigenvalue weighted by Gasteiger charge is -2.51. The molecule has 1 rings (SSSR count). The molecule has 0 aromatic rings. The fourth-order valence-electron chi connectivity index (χ4n) is 4.37. The molecule has 1 nitrogen and oxygen atoms in total. The highest BCUT2D eigenvalue weighted by atomic mass is 14.9. The lowest BCUT2D eigenvalue weighted by atomic mass is 9.58. The van der Waals surface area contributed by atoms with Gasteiger partial charge in [-0.1, -0.05) is 69.2 Å². The maximum atomic E-state index is 5.25. The van der Waals surface area contributed by atoms with Crippen LogP contribution in [0.1, 0.15) is 75.7 Å². The number of hydrogen-bond acceptors (Lipinski definition) is 1. The quantitative estimate of drug-likeness (QED) is 0.551. The van der Waals surface area contributed by atoms with Gasteiger partial charge in [0.05, 0.1) is 6.04 Å². The minimum absolute atomic E-state index is 0.170. The van der Waals surface area contributed by atoms with E-state index in [-0.39, 0.29) is 21.7 Å². The van der Waals surface area contributed by atoms with E-state index in [4.69, 9.17) is 4.99 Å². The number of hydrogen-bond donors (Lipinski definition) is 0.